The predicted molar refractivity (Wildman–Crippen MR) is 80.4 cm³/mol. The quantitative estimate of drug-likeness (QED) is 0.920. The first-order valence-electron chi connectivity index (χ1n) is 8.08. The number of benzene rings is 1. The van der Waals surface area contributed by atoms with E-state index in [1.165, 1.54) is 0 Å². The molecule has 2 aliphatic heterocycles. The molecule has 6 nitrogen and oxygen atoms in total. The molecule has 1 saturated carbocycles. The van der Waals surface area contributed by atoms with Gasteiger partial charge in [-0.2, -0.15) is 0 Å². The highest BCUT2D eigenvalue weighted by Gasteiger charge is 2.51. The van der Waals surface area contributed by atoms with Crippen LogP contribution in [-0.2, 0) is 9.59 Å². The fourth-order valence-corrected chi connectivity index (χ4v) is 3.67. The van der Waals surface area contributed by atoms with Crippen LogP contribution in [0, 0.1) is 11.8 Å². The van der Waals surface area contributed by atoms with Crippen molar-refractivity contribution < 1.29 is 24.2 Å². The van der Waals surface area contributed by atoms with E-state index in [4.69, 9.17) is 14.6 Å². The van der Waals surface area contributed by atoms with Gasteiger partial charge in [-0.3, -0.25) is 9.59 Å². The summed E-state index contributed by atoms with van der Waals surface area (Å²) in [5, 5.41) is 9.05. The number of aliphatic carboxylic acids is 1. The Hall–Kier alpha value is -2.24. The molecule has 1 amide bonds. The Bertz CT molecular complexity index is 658. The van der Waals surface area contributed by atoms with Crippen LogP contribution in [0.3, 0.4) is 0 Å². The zero-order valence-electron chi connectivity index (χ0n) is 12.7. The molecule has 3 aliphatic rings. The van der Waals surface area contributed by atoms with Gasteiger partial charge in [-0.25, -0.2) is 0 Å². The molecule has 4 rings (SSSR count). The second-order valence-electron chi connectivity index (χ2n) is 6.35. The second-order valence-corrected chi connectivity index (χ2v) is 6.35. The Morgan fingerprint density at radius 1 is 1.17 bits per heavy atom. The fourth-order valence-electron chi connectivity index (χ4n) is 3.67. The number of carbonyl (C=O) groups excluding carboxylic acids is 1. The van der Waals surface area contributed by atoms with Gasteiger partial charge in [-0.1, -0.05) is 12.1 Å². The molecule has 1 N–H and O–H groups in total. The van der Waals surface area contributed by atoms with E-state index in [0.717, 1.165) is 29.9 Å². The molecule has 2 fully saturated rings. The van der Waals surface area contributed by atoms with Crippen LogP contribution in [0.2, 0.25) is 0 Å². The van der Waals surface area contributed by atoms with E-state index in [0.29, 0.717) is 26.2 Å². The number of hydrogen-bond acceptors (Lipinski definition) is 4. The van der Waals surface area contributed by atoms with Crippen LogP contribution in [0.1, 0.15) is 30.9 Å². The maximum Gasteiger partial charge on any atom is 0.307 e. The van der Waals surface area contributed by atoms with Crippen molar-refractivity contribution in [3.05, 3.63) is 23.8 Å². The van der Waals surface area contributed by atoms with E-state index in [2.05, 4.69) is 0 Å². The molecule has 1 aromatic rings. The molecular formula is C17H19NO5. The molecule has 0 radical (unpaired) electrons. The Morgan fingerprint density at radius 2 is 2.00 bits per heavy atom. The molecule has 3 atom stereocenters. The number of ether oxygens (including phenoxy) is 2. The lowest BCUT2D eigenvalue weighted by atomic mass is 10.0. The number of carbonyl (C=O) groups is 2. The first-order valence-corrected chi connectivity index (χ1v) is 8.08. The standard InChI is InChI=1S/C17H19NO5/c19-16(11-9-12(11)17(20)21)18-6-2-4-13(18)10-3-1-5-14-15(10)23-8-7-22-14/h1,3,5,11-13H,2,4,6-9H2,(H,20,21). The first kappa shape index (κ1) is 14.4. The Balaban J connectivity index is 1.59. The molecule has 0 bridgehead atoms. The topological polar surface area (TPSA) is 76.1 Å². The van der Waals surface area contributed by atoms with Gasteiger partial charge in [-0.15, -0.1) is 0 Å². The van der Waals surface area contributed by atoms with Gasteiger partial charge in [0.2, 0.25) is 5.91 Å². The Morgan fingerprint density at radius 3 is 2.78 bits per heavy atom. The lowest BCUT2D eigenvalue weighted by Crippen LogP contribution is -2.33. The van der Waals surface area contributed by atoms with E-state index in [9.17, 15) is 9.59 Å². The molecule has 23 heavy (non-hydrogen) atoms. The number of hydrogen-bond donors (Lipinski definition) is 1. The van der Waals surface area contributed by atoms with Gasteiger partial charge in [0, 0.05) is 12.1 Å². The summed E-state index contributed by atoms with van der Waals surface area (Å²) in [6.45, 7) is 1.72. The minimum absolute atomic E-state index is 0.0331. The van der Waals surface area contributed by atoms with Gasteiger partial charge in [0.1, 0.15) is 13.2 Å². The molecule has 3 unspecified atom stereocenters. The summed E-state index contributed by atoms with van der Waals surface area (Å²) in [5.41, 5.74) is 0.973. The summed E-state index contributed by atoms with van der Waals surface area (Å²) in [6.07, 6.45) is 2.26. The van der Waals surface area contributed by atoms with Crippen molar-refractivity contribution in [2.45, 2.75) is 25.3 Å². The summed E-state index contributed by atoms with van der Waals surface area (Å²) in [6, 6.07) is 5.72. The zero-order valence-corrected chi connectivity index (χ0v) is 12.7. The predicted octanol–water partition coefficient (Wildman–Crippen LogP) is 1.84. The van der Waals surface area contributed by atoms with Crippen LogP contribution in [0.15, 0.2) is 18.2 Å². The van der Waals surface area contributed by atoms with Crippen molar-refractivity contribution in [3.8, 4) is 11.5 Å². The SMILES string of the molecule is O=C(O)C1CC1C(=O)N1CCCC1c1cccc2c1OCCO2. The number of carboxylic acids is 1. The van der Waals surface area contributed by atoms with Crippen molar-refractivity contribution in [1.82, 2.24) is 4.90 Å². The third-order valence-electron chi connectivity index (χ3n) is 4.92. The van der Waals surface area contributed by atoms with E-state index in [-0.39, 0.29) is 17.9 Å². The van der Waals surface area contributed by atoms with Gasteiger partial charge in [-0.05, 0) is 25.3 Å². The molecule has 1 saturated heterocycles. The van der Waals surface area contributed by atoms with Crippen LogP contribution in [0.5, 0.6) is 11.5 Å². The molecular weight excluding hydrogens is 298 g/mol. The van der Waals surface area contributed by atoms with Gasteiger partial charge in [0.25, 0.3) is 0 Å². The highest BCUT2D eigenvalue weighted by Crippen LogP contribution is 2.46. The van der Waals surface area contributed by atoms with E-state index < -0.39 is 11.9 Å². The van der Waals surface area contributed by atoms with Gasteiger partial charge >= 0.3 is 5.97 Å². The van der Waals surface area contributed by atoms with Crippen molar-refractivity contribution in [2.24, 2.45) is 11.8 Å². The van der Waals surface area contributed by atoms with Crippen molar-refractivity contribution in [1.29, 1.82) is 0 Å². The molecule has 122 valence electrons. The van der Waals surface area contributed by atoms with Crippen LogP contribution in [-0.4, -0.2) is 41.6 Å². The van der Waals surface area contributed by atoms with Crippen LogP contribution in [0.4, 0.5) is 0 Å². The normalized spacial score (nSPS) is 28.5. The summed E-state index contributed by atoms with van der Waals surface area (Å²) >= 11 is 0. The maximum atomic E-state index is 12.7. The van der Waals surface area contributed by atoms with Crippen LogP contribution >= 0.6 is 0 Å². The summed E-state index contributed by atoms with van der Waals surface area (Å²) in [5.74, 6) is -0.308. The third-order valence-corrected chi connectivity index (χ3v) is 4.92. The van der Waals surface area contributed by atoms with E-state index in [1.807, 2.05) is 23.1 Å². The van der Waals surface area contributed by atoms with Crippen LogP contribution < -0.4 is 9.47 Å². The Kier molecular flexibility index (Phi) is 3.39. The number of amides is 1. The minimum Gasteiger partial charge on any atom is -0.486 e. The number of rotatable bonds is 3. The highest BCUT2D eigenvalue weighted by atomic mass is 16.6. The highest BCUT2D eigenvalue weighted by molar-refractivity contribution is 5.90. The first-order chi connectivity index (χ1) is 11.2. The molecule has 6 heteroatoms. The van der Waals surface area contributed by atoms with Gasteiger partial charge < -0.3 is 19.5 Å². The fraction of sp³-hybridized carbons (Fsp3) is 0.529. The Labute approximate surface area is 134 Å². The summed E-state index contributed by atoms with van der Waals surface area (Å²) < 4.78 is 11.4. The molecule has 0 aromatic heterocycles. The zero-order chi connectivity index (χ0) is 16.0. The maximum absolute atomic E-state index is 12.7. The number of para-hydroxylation sites is 1. The average molecular weight is 317 g/mol. The third kappa shape index (κ3) is 2.42. The lowest BCUT2D eigenvalue weighted by Gasteiger charge is -2.29. The number of carboxylic acid groups (broad SMARTS) is 1. The van der Waals surface area contributed by atoms with Gasteiger partial charge in [0.15, 0.2) is 11.5 Å². The van der Waals surface area contributed by atoms with Crippen molar-refractivity contribution in [3.63, 3.8) is 0 Å². The van der Waals surface area contributed by atoms with Crippen LogP contribution in [0.25, 0.3) is 0 Å². The molecule has 1 aliphatic carbocycles. The number of nitrogens with zero attached hydrogens (tertiary/aromatic N) is 1. The molecule has 2 heterocycles. The monoisotopic (exact) mass is 317 g/mol. The second kappa shape index (κ2) is 5.44. The number of likely N-dealkylation sites (tertiary alicyclic amines) is 1. The van der Waals surface area contributed by atoms with E-state index in [1.54, 1.807) is 0 Å². The largest absolute Gasteiger partial charge is 0.486 e. The smallest absolute Gasteiger partial charge is 0.307 e. The van der Waals surface area contributed by atoms with Crippen molar-refractivity contribution in [2.75, 3.05) is 19.8 Å². The average Bonchev–Trinajstić information content (AvgIpc) is 3.23. The minimum atomic E-state index is -0.868. The van der Waals surface area contributed by atoms with Gasteiger partial charge in [0.05, 0.1) is 17.9 Å². The van der Waals surface area contributed by atoms with E-state index >= 15 is 0 Å². The van der Waals surface area contributed by atoms with Crippen molar-refractivity contribution >= 4 is 11.9 Å². The number of fused-ring (bicyclic) bond motifs is 1. The summed E-state index contributed by atoms with van der Waals surface area (Å²) in [4.78, 5) is 25.5. The molecule has 1 aromatic carbocycles. The molecule has 0 spiro atoms. The lowest BCUT2D eigenvalue weighted by molar-refractivity contribution is -0.142. The summed E-state index contributed by atoms with van der Waals surface area (Å²) in [7, 11) is 0.